The first-order valence-corrected chi connectivity index (χ1v) is 10.2. The van der Waals surface area contributed by atoms with Crippen LogP contribution in [-0.2, 0) is 10.0 Å². The maximum atomic E-state index is 12.7. The van der Waals surface area contributed by atoms with E-state index in [1.807, 2.05) is 0 Å². The van der Waals surface area contributed by atoms with E-state index in [4.69, 9.17) is 4.74 Å². The lowest BCUT2D eigenvalue weighted by Gasteiger charge is -2.19. The van der Waals surface area contributed by atoms with Gasteiger partial charge in [-0.3, -0.25) is 4.79 Å². The molecule has 1 N–H and O–H groups in total. The van der Waals surface area contributed by atoms with Crippen molar-refractivity contribution in [3.63, 3.8) is 0 Å². The van der Waals surface area contributed by atoms with E-state index in [9.17, 15) is 22.0 Å². The van der Waals surface area contributed by atoms with Gasteiger partial charge < -0.3 is 14.8 Å². The van der Waals surface area contributed by atoms with Gasteiger partial charge in [-0.25, -0.2) is 8.42 Å². The van der Waals surface area contributed by atoms with E-state index in [0.29, 0.717) is 0 Å². The quantitative estimate of drug-likeness (QED) is 0.660. The molecular formula is C19H22F2N2O5S. The van der Waals surface area contributed by atoms with E-state index in [1.165, 1.54) is 53.9 Å². The largest absolute Gasteiger partial charge is 0.496 e. The van der Waals surface area contributed by atoms with Gasteiger partial charge in [0.2, 0.25) is 10.0 Å². The van der Waals surface area contributed by atoms with E-state index >= 15 is 0 Å². The van der Waals surface area contributed by atoms with Crippen molar-refractivity contribution in [1.29, 1.82) is 0 Å². The summed E-state index contributed by atoms with van der Waals surface area (Å²) in [6.07, 6.45) is 0. The topological polar surface area (TPSA) is 84.9 Å². The molecule has 7 nitrogen and oxygen atoms in total. The van der Waals surface area contributed by atoms with Crippen molar-refractivity contribution in [1.82, 2.24) is 4.31 Å². The van der Waals surface area contributed by atoms with E-state index in [0.717, 1.165) is 0 Å². The highest BCUT2D eigenvalue weighted by molar-refractivity contribution is 7.89. The van der Waals surface area contributed by atoms with Crippen LogP contribution < -0.4 is 14.8 Å². The molecule has 158 valence electrons. The summed E-state index contributed by atoms with van der Waals surface area (Å²) >= 11 is 0. The molecule has 0 fully saturated rings. The molecule has 2 rings (SSSR count). The second-order valence-corrected chi connectivity index (χ2v) is 7.75. The second kappa shape index (κ2) is 9.66. The summed E-state index contributed by atoms with van der Waals surface area (Å²) in [7, 11) is -2.43. The molecule has 0 bridgehead atoms. The number of ether oxygens (including phenoxy) is 2. The molecule has 0 heterocycles. The monoisotopic (exact) mass is 428 g/mol. The lowest BCUT2D eigenvalue weighted by atomic mass is 10.2. The maximum Gasteiger partial charge on any atom is 0.387 e. The summed E-state index contributed by atoms with van der Waals surface area (Å²) < 4.78 is 61.0. The molecule has 0 aliphatic rings. The van der Waals surface area contributed by atoms with Crippen molar-refractivity contribution >= 4 is 21.6 Å². The Hall–Kier alpha value is -2.72. The molecular weight excluding hydrogens is 406 g/mol. The van der Waals surface area contributed by atoms with E-state index in [1.54, 1.807) is 13.8 Å². The summed E-state index contributed by atoms with van der Waals surface area (Å²) in [5.74, 6) is -0.615. The van der Waals surface area contributed by atoms with Crippen LogP contribution >= 0.6 is 0 Å². The number of hydrogen-bond donors (Lipinski definition) is 1. The number of nitrogens with one attached hydrogen (secondary N) is 1. The Morgan fingerprint density at radius 3 is 2.41 bits per heavy atom. The highest BCUT2D eigenvalue weighted by Gasteiger charge is 2.24. The minimum absolute atomic E-state index is 0.0130. The zero-order valence-electron chi connectivity index (χ0n) is 16.2. The van der Waals surface area contributed by atoms with Gasteiger partial charge in [0.25, 0.3) is 5.91 Å². The number of amides is 1. The fourth-order valence-electron chi connectivity index (χ4n) is 2.69. The second-order valence-electron chi connectivity index (χ2n) is 5.81. The van der Waals surface area contributed by atoms with Crippen LogP contribution in [0.3, 0.4) is 0 Å². The molecule has 2 aromatic carbocycles. The van der Waals surface area contributed by atoms with Crippen LogP contribution in [0.25, 0.3) is 0 Å². The van der Waals surface area contributed by atoms with E-state index in [-0.39, 0.29) is 40.7 Å². The number of methoxy groups -OCH3 is 1. The van der Waals surface area contributed by atoms with Crippen molar-refractivity contribution in [2.75, 3.05) is 25.5 Å². The number of rotatable bonds is 9. The van der Waals surface area contributed by atoms with Gasteiger partial charge >= 0.3 is 6.61 Å². The summed E-state index contributed by atoms with van der Waals surface area (Å²) in [5, 5.41) is 2.53. The first-order chi connectivity index (χ1) is 13.7. The summed E-state index contributed by atoms with van der Waals surface area (Å²) in [6.45, 7) is 0.995. The highest BCUT2D eigenvalue weighted by atomic mass is 32.2. The van der Waals surface area contributed by atoms with Crippen LogP contribution in [0, 0.1) is 0 Å². The number of alkyl halides is 2. The number of anilines is 1. The number of hydrogen-bond acceptors (Lipinski definition) is 5. The molecule has 0 radical (unpaired) electrons. The van der Waals surface area contributed by atoms with Crippen molar-refractivity contribution < 1.29 is 31.5 Å². The van der Waals surface area contributed by atoms with Crippen LogP contribution in [0.15, 0.2) is 47.4 Å². The molecule has 0 saturated carbocycles. The third kappa shape index (κ3) is 5.42. The van der Waals surface area contributed by atoms with Crippen LogP contribution in [0.2, 0.25) is 0 Å². The normalized spacial score (nSPS) is 11.6. The lowest BCUT2D eigenvalue weighted by molar-refractivity contribution is -0.0498. The van der Waals surface area contributed by atoms with E-state index in [2.05, 4.69) is 10.1 Å². The zero-order chi connectivity index (χ0) is 21.6. The molecule has 0 aromatic heterocycles. The molecule has 0 atom stereocenters. The Labute approximate surface area is 168 Å². The summed E-state index contributed by atoms with van der Waals surface area (Å²) in [4.78, 5) is 12.7. The van der Waals surface area contributed by atoms with Gasteiger partial charge in [-0.2, -0.15) is 13.1 Å². The smallest absolute Gasteiger partial charge is 0.387 e. The van der Waals surface area contributed by atoms with Gasteiger partial charge in [-0.1, -0.05) is 19.9 Å². The van der Waals surface area contributed by atoms with E-state index < -0.39 is 22.5 Å². The van der Waals surface area contributed by atoms with Gasteiger partial charge in [0, 0.05) is 24.8 Å². The molecule has 10 heteroatoms. The van der Waals surface area contributed by atoms with Crippen molar-refractivity contribution in [2.24, 2.45) is 0 Å². The predicted molar refractivity (Wildman–Crippen MR) is 104 cm³/mol. The number of carbonyl (C=O) groups excluding carboxylic acids is 1. The Kier molecular flexibility index (Phi) is 7.52. The lowest BCUT2D eigenvalue weighted by Crippen LogP contribution is -2.30. The first kappa shape index (κ1) is 22.6. The molecule has 29 heavy (non-hydrogen) atoms. The Bertz CT molecular complexity index is 963. The number of nitrogens with zero attached hydrogens (tertiary/aromatic N) is 1. The minimum Gasteiger partial charge on any atom is -0.496 e. The van der Waals surface area contributed by atoms with Crippen LogP contribution in [0.5, 0.6) is 11.5 Å². The number of benzene rings is 2. The Morgan fingerprint density at radius 1 is 1.14 bits per heavy atom. The fourth-order valence-corrected chi connectivity index (χ4v) is 4.17. The third-order valence-electron chi connectivity index (χ3n) is 4.08. The third-order valence-corrected chi connectivity index (χ3v) is 6.12. The number of sulfonamides is 1. The SMILES string of the molecule is CCN(CC)S(=O)(=O)c1ccc(OC)c(C(=O)Nc2cccc(OC(F)F)c2)c1. The first-order valence-electron chi connectivity index (χ1n) is 8.77. The highest BCUT2D eigenvalue weighted by Crippen LogP contribution is 2.26. The maximum absolute atomic E-state index is 12.7. The average Bonchev–Trinajstić information content (AvgIpc) is 2.67. The van der Waals surface area contributed by atoms with Crippen molar-refractivity contribution in [3.05, 3.63) is 48.0 Å². The number of halogens is 2. The van der Waals surface area contributed by atoms with Crippen LogP contribution in [0.1, 0.15) is 24.2 Å². The van der Waals surface area contributed by atoms with Gasteiger partial charge in [0.15, 0.2) is 0 Å². The van der Waals surface area contributed by atoms with Crippen molar-refractivity contribution in [3.8, 4) is 11.5 Å². The van der Waals surface area contributed by atoms with Gasteiger partial charge in [0.05, 0.1) is 17.6 Å². The van der Waals surface area contributed by atoms with Gasteiger partial charge in [0.1, 0.15) is 11.5 Å². The number of carbonyl (C=O) groups is 1. The Morgan fingerprint density at radius 2 is 1.83 bits per heavy atom. The predicted octanol–water partition coefficient (Wildman–Crippen LogP) is 3.58. The summed E-state index contributed by atoms with van der Waals surface area (Å²) in [6, 6.07) is 9.45. The molecule has 0 unspecified atom stereocenters. The molecule has 0 spiro atoms. The minimum atomic E-state index is -3.78. The summed E-state index contributed by atoms with van der Waals surface area (Å²) in [5.41, 5.74) is 0.188. The fraction of sp³-hybridized carbons (Fsp3) is 0.316. The van der Waals surface area contributed by atoms with Crippen LogP contribution in [-0.4, -0.2) is 45.4 Å². The standard InChI is InChI=1S/C19H22F2N2O5S/c1-4-23(5-2)29(25,26)15-9-10-17(27-3)16(12-15)18(24)22-13-7-6-8-14(11-13)28-19(20)21/h6-12,19H,4-5H2,1-3H3,(H,22,24). The Balaban J connectivity index is 2.37. The zero-order valence-corrected chi connectivity index (χ0v) is 17.0. The molecule has 2 aromatic rings. The van der Waals surface area contributed by atoms with Crippen LogP contribution in [0.4, 0.5) is 14.5 Å². The van der Waals surface area contributed by atoms with Gasteiger partial charge in [-0.05, 0) is 30.3 Å². The molecule has 0 saturated heterocycles. The average molecular weight is 428 g/mol. The molecule has 0 aliphatic heterocycles. The molecule has 0 aliphatic carbocycles. The molecule has 1 amide bonds. The van der Waals surface area contributed by atoms with Gasteiger partial charge in [-0.15, -0.1) is 0 Å². The van der Waals surface area contributed by atoms with Crippen molar-refractivity contribution in [2.45, 2.75) is 25.4 Å².